The molecule has 0 radical (unpaired) electrons. The van der Waals surface area contributed by atoms with E-state index in [1.807, 2.05) is 0 Å². The normalized spacial score (nSPS) is 12.2. The van der Waals surface area contributed by atoms with E-state index >= 15 is 0 Å². The predicted octanol–water partition coefficient (Wildman–Crippen LogP) is 12.7. The number of aryl methyl sites for hydroxylation is 3. The summed E-state index contributed by atoms with van der Waals surface area (Å²) < 4.78 is 2.12. The molecule has 0 aliphatic rings. The zero-order valence-corrected chi connectivity index (χ0v) is 28.4. The molecule has 3 rings (SSSR count). The topological polar surface area (TPSA) is 15.4 Å². The highest BCUT2D eigenvalue weighted by atomic mass is 15.3. The molecule has 0 bridgehead atoms. The average Bonchev–Trinajstić information content (AvgIpc) is 3.03. The number of allylic oxidation sites excluding steroid dienone is 1. The van der Waals surface area contributed by atoms with Crippen LogP contribution in [0.5, 0.6) is 0 Å². The summed E-state index contributed by atoms with van der Waals surface area (Å²) in [6.07, 6.45) is 20.4. The maximum atomic E-state index is 5.23. The van der Waals surface area contributed by atoms with Crippen LogP contribution in [0.2, 0.25) is 0 Å². The van der Waals surface area contributed by atoms with E-state index in [2.05, 4.69) is 113 Å². The molecule has 0 amide bonds. The number of benzene rings is 3. The first-order chi connectivity index (χ1) is 21.0. The highest BCUT2D eigenvalue weighted by Crippen LogP contribution is 2.34. The van der Waals surface area contributed by atoms with E-state index in [4.69, 9.17) is 5.11 Å². The summed E-state index contributed by atoms with van der Waals surface area (Å²) in [5.41, 5.74) is 12.2. The SMILES string of the molecule is CCCCCCc1cc(C=C(CC)[N+](C)=Nc2cc(CCCC)c(CCCC)c(-c3ccccc3)c2)cc(CCCC)c1. The highest BCUT2D eigenvalue weighted by Gasteiger charge is 2.16. The summed E-state index contributed by atoms with van der Waals surface area (Å²) in [4.78, 5) is 0. The van der Waals surface area contributed by atoms with Crippen molar-refractivity contribution in [1.82, 2.24) is 0 Å². The molecular weight excluding hydrogens is 520 g/mol. The Bertz CT molecular complexity index is 1300. The zero-order chi connectivity index (χ0) is 30.9. The van der Waals surface area contributed by atoms with Gasteiger partial charge in [-0.05, 0) is 108 Å². The molecule has 0 aromatic heterocycles. The molecule has 0 spiro atoms. The van der Waals surface area contributed by atoms with Crippen molar-refractivity contribution in [3.05, 3.63) is 94.2 Å². The standard InChI is InChI=1S/C41H59N2/c1-7-12-16-18-22-34-27-33(21-13-8-2)28-35(29-34)30-39(11-5)43(6)42-38-31-37(23-14-9-3)40(26-15-10-4)41(32-38)36-24-19-17-20-25-36/h17,19-20,24-25,27-32H,7-16,18,21-23,26H2,1-6H3/q+1. The minimum atomic E-state index is 0.938. The van der Waals surface area contributed by atoms with Crippen molar-refractivity contribution < 1.29 is 4.70 Å². The van der Waals surface area contributed by atoms with E-state index in [0.29, 0.717) is 0 Å². The lowest BCUT2D eigenvalue weighted by molar-refractivity contribution is -0.512. The average molecular weight is 580 g/mol. The molecule has 3 aromatic rings. The second kappa shape index (κ2) is 19.3. The van der Waals surface area contributed by atoms with Gasteiger partial charge in [-0.1, -0.05) is 126 Å². The van der Waals surface area contributed by atoms with Crippen LogP contribution in [-0.2, 0) is 25.7 Å². The van der Waals surface area contributed by atoms with Crippen LogP contribution in [0.3, 0.4) is 0 Å². The lowest BCUT2D eigenvalue weighted by atomic mass is 9.89. The molecule has 3 aromatic carbocycles. The van der Waals surface area contributed by atoms with E-state index in [-0.39, 0.29) is 0 Å². The largest absolute Gasteiger partial charge is 0.208 e. The molecule has 0 saturated carbocycles. The van der Waals surface area contributed by atoms with Crippen molar-refractivity contribution >= 4 is 11.8 Å². The Morgan fingerprint density at radius 1 is 0.651 bits per heavy atom. The summed E-state index contributed by atoms with van der Waals surface area (Å²) >= 11 is 0. The Morgan fingerprint density at radius 3 is 1.93 bits per heavy atom. The third kappa shape index (κ3) is 11.2. The van der Waals surface area contributed by atoms with E-state index in [1.165, 1.54) is 115 Å². The number of unbranched alkanes of at least 4 members (excludes halogenated alkanes) is 6. The fourth-order valence-electron chi connectivity index (χ4n) is 6.04. The molecule has 0 fully saturated rings. The second-order valence-electron chi connectivity index (χ2n) is 12.3. The number of rotatable bonds is 19. The number of hydrogen-bond donors (Lipinski definition) is 0. The minimum Gasteiger partial charge on any atom is -0.0906 e. The molecule has 2 nitrogen and oxygen atoms in total. The fraction of sp³-hybridized carbons (Fsp3) is 0.512. The quantitative estimate of drug-likeness (QED) is 0.0762. The Labute approximate surface area is 264 Å². The molecule has 0 unspecified atom stereocenters. The predicted molar refractivity (Wildman–Crippen MR) is 189 cm³/mol. The van der Waals surface area contributed by atoms with Crippen molar-refractivity contribution in [3.63, 3.8) is 0 Å². The number of hydrogen-bond acceptors (Lipinski definition) is 1. The fourth-order valence-corrected chi connectivity index (χ4v) is 6.04. The first-order valence-corrected chi connectivity index (χ1v) is 17.5. The molecule has 0 atom stereocenters. The van der Waals surface area contributed by atoms with Crippen LogP contribution in [0, 0.1) is 0 Å². The molecule has 0 aliphatic carbocycles. The summed E-state index contributed by atoms with van der Waals surface area (Å²) in [7, 11) is 2.13. The van der Waals surface area contributed by atoms with Gasteiger partial charge in [0.15, 0.2) is 7.05 Å². The van der Waals surface area contributed by atoms with Crippen LogP contribution >= 0.6 is 0 Å². The molecular formula is C41H59N2+. The number of nitrogens with zero attached hydrogens (tertiary/aromatic N) is 2. The van der Waals surface area contributed by atoms with Gasteiger partial charge in [0.05, 0.1) is 0 Å². The van der Waals surface area contributed by atoms with Crippen molar-refractivity contribution in [2.45, 2.75) is 131 Å². The van der Waals surface area contributed by atoms with Crippen molar-refractivity contribution in [2.24, 2.45) is 5.11 Å². The van der Waals surface area contributed by atoms with Crippen LogP contribution in [0.1, 0.15) is 133 Å². The van der Waals surface area contributed by atoms with Crippen LogP contribution in [-0.4, -0.2) is 11.7 Å². The molecule has 0 saturated heterocycles. The Kier molecular flexibility index (Phi) is 15.5. The Balaban J connectivity index is 2.03. The Morgan fingerprint density at radius 2 is 1.28 bits per heavy atom. The lowest BCUT2D eigenvalue weighted by Crippen LogP contribution is -2.03. The summed E-state index contributed by atoms with van der Waals surface area (Å²) in [6, 6.07) is 22.9. The molecule has 232 valence electrons. The van der Waals surface area contributed by atoms with Gasteiger partial charge in [0, 0.05) is 12.5 Å². The molecule has 0 aliphatic heterocycles. The smallest absolute Gasteiger partial charge is 0.0906 e. The van der Waals surface area contributed by atoms with Crippen LogP contribution < -0.4 is 0 Å². The third-order valence-corrected chi connectivity index (χ3v) is 8.58. The number of azo groups is 2. The monoisotopic (exact) mass is 579 g/mol. The summed E-state index contributed by atoms with van der Waals surface area (Å²) in [6.45, 7) is 11.4. The lowest BCUT2D eigenvalue weighted by Gasteiger charge is -2.16. The van der Waals surface area contributed by atoms with Gasteiger partial charge >= 0.3 is 0 Å². The van der Waals surface area contributed by atoms with E-state index in [1.54, 1.807) is 0 Å². The van der Waals surface area contributed by atoms with Gasteiger partial charge < -0.3 is 0 Å². The first kappa shape index (κ1) is 34.5. The van der Waals surface area contributed by atoms with Gasteiger partial charge in [-0.25, -0.2) is 0 Å². The van der Waals surface area contributed by atoms with Gasteiger partial charge in [-0.15, -0.1) is 0 Å². The zero-order valence-electron chi connectivity index (χ0n) is 28.4. The molecule has 43 heavy (non-hydrogen) atoms. The summed E-state index contributed by atoms with van der Waals surface area (Å²) in [5.74, 6) is 0. The van der Waals surface area contributed by atoms with E-state index in [9.17, 15) is 0 Å². The summed E-state index contributed by atoms with van der Waals surface area (Å²) in [5, 5.41) is 5.23. The maximum Gasteiger partial charge on any atom is 0.208 e. The van der Waals surface area contributed by atoms with Crippen molar-refractivity contribution in [3.8, 4) is 11.1 Å². The molecule has 0 N–H and O–H groups in total. The molecule has 0 heterocycles. The van der Waals surface area contributed by atoms with Crippen LogP contribution in [0.4, 0.5) is 5.69 Å². The van der Waals surface area contributed by atoms with E-state index < -0.39 is 0 Å². The van der Waals surface area contributed by atoms with Gasteiger partial charge in [0.25, 0.3) is 0 Å². The Hall–Kier alpha value is -3.00. The molecule has 2 heteroatoms. The van der Waals surface area contributed by atoms with Gasteiger partial charge in [0.2, 0.25) is 5.70 Å². The maximum absolute atomic E-state index is 5.23. The first-order valence-electron chi connectivity index (χ1n) is 17.5. The second-order valence-corrected chi connectivity index (χ2v) is 12.3. The van der Waals surface area contributed by atoms with Crippen molar-refractivity contribution in [1.29, 1.82) is 0 Å². The minimum absolute atomic E-state index is 0.938. The van der Waals surface area contributed by atoms with Crippen molar-refractivity contribution in [2.75, 3.05) is 7.05 Å². The van der Waals surface area contributed by atoms with Crippen LogP contribution in [0.15, 0.2) is 71.5 Å². The van der Waals surface area contributed by atoms with Crippen LogP contribution in [0.25, 0.3) is 17.2 Å². The van der Waals surface area contributed by atoms with E-state index in [0.717, 1.165) is 31.4 Å². The van der Waals surface area contributed by atoms with Gasteiger partial charge in [0.1, 0.15) is 5.69 Å². The highest BCUT2D eigenvalue weighted by molar-refractivity contribution is 5.72. The van der Waals surface area contributed by atoms with Gasteiger partial charge in [-0.2, -0.15) is 0 Å². The van der Waals surface area contributed by atoms with Gasteiger partial charge in [-0.3, -0.25) is 0 Å². The third-order valence-electron chi connectivity index (χ3n) is 8.58.